The highest BCUT2D eigenvalue weighted by Crippen LogP contribution is 2.32. The van der Waals surface area contributed by atoms with Crippen molar-refractivity contribution in [1.29, 1.82) is 0 Å². The van der Waals surface area contributed by atoms with Gasteiger partial charge in [0, 0.05) is 30.9 Å². The molecule has 9 heteroatoms. The van der Waals surface area contributed by atoms with Gasteiger partial charge in [0.15, 0.2) is 17.3 Å². The standard InChI is InChI=1S/C16H17F2N7/c1-25-14-10(7-21-25)13(22-9-2-3-11(17)12(18)6-9)23-15(24-14)20-8-16(19)4-5-16/h2-3,6-7H,4-5,8,19H2,1H3,(H2,20,22,23,24). The van der Waals surface area contributed by atoms with Crippen molar-refractivity contribution < 1.29 is 8.78 Å². The van der Waals surface area contributed by atoms with Gasteiger partial charge >= 0.3 is 0 Å². The maximum absolute atomic E-state index is 13.4. The van der Waals surface area contributed by atoms with Gasteiger partial charge in [-0.2, -0.15) is 15.1 Å². The van der Waals surface area contributed by atoms with Crippen LogP contribution in [0.25, 0.3) is 11.0 Å². The van der Waals surface area contributed by atoms with Crippen molar-refractivity contribution in [1.82, 2.24) is 19.7 Å². The second kappa shape index (κ2) is 5.62. The Morgan fingerprint density at radius 1 is 1.24 bits per heavy atom. The Kier molecular flexibility index (Phi) is 3.53. The summed E-state index contributed by atoms with van der Waals surface area (Å²) in [6, 6.07) is 3.57. The fourth-order valence-corrected chi connectivity index (χ4v) is 2.50. The van der Waals surface area contributed by atoms with Gasteiger partial charge in [-0.15, -0.1) is 0 Å². The molecule has 25 heavy (non-hydrogen) atoms. The quantitative estimate of drug-likeness (QED) is 0.657. The molecule has 0 aliphatic heterocycles. The van der Waals surface area contributed by atoms with E-state index in [0.717, 1.165) is 25.0 Å². The number of fused-ring (bicyclic) bond motifs is 1. The van der Waals surface area contributed by atoms with Gasteiger partial charge < -0.3 is 16.4 Å². The van der Waals surface area contributed by atoms with E-state index in [4.69, 9.17) is 5.73 Å². The predicted molar refractivity (Wildman–Crippen MR) is 90.6 cm³/mol. The molecule has 4 N–H and O–H groups in total. The van der Waals surface area contributed by atoms with Gasteiger partial charge in [-0.3, -0.25) is 4.68 Å². The minimum absolute atomic E-state index is 0.196. The van der Waals surface area contributed by atoms with Crippen LogP contribution < -0.4 is 16.4 Å². The van der Waals surface area contributed by atoms with E-state index in [1.54, 1.807) is 17.9 Å². The molecule has 0 spiro atoms. The Hall–Kier alpha value is -2.81. The zero-order chi connectivity index (χ0) is 17.6. The third kappa shape index (κ3) is 3.10. The maximum atomic E-state index is 13.4. The summed E-state index contributed by atoms with van der Waals surface area (Å²) in [4.78, 5) is 8.88. The largest absolute Gasteiger partial charge is 0.352 e. The lowest BCUT2D eigenvalue weighted by Crippen LogP contribution is -2.31. The van der Waals surface area contributed by atoms with Crippen molar-refractivity contribution in [3.63, 3.8) is 0 Å². The van der Waals surface area contributed by atoms with Gasteiger partial charge in [0.05, 0.1) is 11.6 Å². The maximum Gasteiger partial charge on any atom is 0.226 e. The number of nitrogens with two attached hydrogens (primary N) is 1. The van der Waals surface area contributed by atoms with Crippen molar-refractivity contribution in [2.75, 3.05) is 17.2 Å². The van der Waals surface area contributed by atoms with Crippen molar-refractivity contribution in [2.45, 2.75) is 18.4 Å². The summed E-state index contributed by atoms with van der Waals surface area (Å²) in [6.45, 7) is 0.570. The number of nitrogens with zero attached hydrogens (tertiary/aromatic N) is 4. The monoisotopic (exact) mass is 345 g/mol. The number of aryl methyl sites for hydroxylation is 1. The van der Waals surface area contributed by atoms with E-state index >= 15 is 0 Å². The van der Waals surface area contributed by atoms with E-state index in [1.165, 1.54) is 6.07 Å². The average Bonchev–Trinajstić information content (AvgIpc) is 3.21. The van der Waals surface area contributed by atoms with Crippen molar-refractivity contribution >= 4 is 28.5 Å². The summed E-state index contributed by atoms with van der Waals surface area (Å²) in [5.41, 5.74) is 6.88. The van der Waals surface area contributed by atoms with Crippen LogP contribution in [-0.2, 0) is 7.05 Å². The first-order valence-electron chi connectivity index (χ1n) is 7.88. The number of nitrogens with one attached hydrogen (secondary N) is 2. The lowest BCUT2D eigenvalue weighted by atomic mass is 10.3. The Labute approximate surface area is 142 Å². The lowest BCUT2D eigenvalue weighted by molar-refractivity contribution is 0.509. The zero-order valence-corrected chi connectivity index (χ0v) is 13.6. The molecule has 1 aliphatic rings. The summed E-state index contributed by atoms with van der Waals surface area (Å²) in [7, 11) is 1.77. The zero-order valence-electron chi connectivity index (χ0n) is 13.6. The van der Waals surface area contributed by atoms with Gasteiger partial charge in [0.2, 0.25) is 5.95 Å². The van der Waals surface area contributed by atoms with Crippen LogP contribution in [-0.4, -0.2) is 31.8 Å². The first-order chi connectivity index (χ1) is 11.9. The Morgan fingerprint density at radius 2 is 2.04 bits per heavy atom. The fourth-order valence-electron chi connectivity index (χ4n) is 2.50. The van der Waals surface area contributed by atoms with E-state index in [-0.39, 0.29) is 5.54 Å². The third-order valence-electron chi connectivity index (χ3n) is 4.27. The van der Waals surface area contributed by atoms with Gasteiger partial charge in [-0.05, 0) is 25.0 Å². The van der Waals surface area contributed by atoms with Crippen LogP contribution in [0.4, 0.5) is 26.2 Å². The molecule has 7 nitrogen and oxygen atoms in total. The van der Waals surface area contributed by atoms with Crippen LogP contribution in [0.15, 0.2) is 24.4 Å². The average molecular weight is 345 g/mol. The molecule has 1 aromatic carbocycles. The molecule has 0 radical (unpaired) electrons. The summed E-state index contributed by atoms with van der Waals surface area (Å²) < 4.78 is 28.2. The molecule has 2 heterocycles. The van der Waals surface area contributed by atoms with Crippen LogP contribution in [0.3, 0.4) is 0 Å². The molecule has 1 fully saturated rings. The van der Waals surface area contributed by atoms with Crippen LogP contribution in [0.5, 0.6) is 0 Å². The smallest absolute Gasteiger partial charge is 0.226 e. The summed E-state index contributed by atoms with van der Waals surface area (Å²) in [5, 5.41) is 11.0. The second-order valence-electron chi connectivity index (χ2n) is 6.37. The summed E-state index contributed by atoms with van der Waals surface area (Å²) in [6.07, 6.45) is 3.55. The van der Waals surface area contributed by atoms with Gasteiger partial charge in [-0.1, -0.05) is 0 Å². The van der Waals surface area contributed by atoms with E-state index in [1.807, 2.05) is 0 Å². The van der Waals surface area contributed by atoms with Crippen LogP contribution >= 0.6 is 0 Å². The Bertz CT molecular complexity index is 949. The highest BCUT2D eigenvalue weighted by molar-refractivity contribution is 5.89. The summed E-state index contributed by atoms with van der Waals surface area (Å²) in [5.74, 6) is -0.982. The van der Waals surface area contributed by atoms with Crippen LogP contribution in [0, 0.1) is 11.6 Å². The molecule has 130 valence electrons. The number of rotatable bonds is 5. The molecule has 1 saturated carbocycles. The predicted octanol–water partition coefficient (Wildman–Crippen LogP) is 2.29. The number of halogens is 2. The SMILES string of the molecule is Cn1ncc2c(Nc3ccc(F)c(F)c3)nc(NCC3(N)CC3)nc21. The Morgan fingerprint density at radius 3 is 2.76 bits per heavy atom. The highest BCUT2D eigenvalue weighted by Gasteiger charge is 2.38. The first kappa shape index (κ1) is 15.7. The minimum atomic E-state index is -0.932. The number of hydrogen-bond donors (Lipinski definition) is 3. The molecule has 0 unspecified atom stereocenters. The molecule has 4 rings (SSSR count). The van der Waals surface area contributed by atoms with Gasteiger partial charge in [-0.25, -0.2) is 8.78 Å². The molecule has 0 amide bonds. The van der Waals surface area contributed by atoms with Crippen LogP contribution in [0.2, 0.25) is 0 Å². The second-order valence-corrected chi connectivity index (χ2v) is 6.37. The van der Waals surface area contributed by atoms with Crippen molar-refractivity contribution in [3.05, 3.63) is 36.0 Å². The minimum Gasteiger partial charge on any atom is -0.352 e. The molecule has 1 aliphatic carbocycles. The van der Waals surface area contributed by atoms with E-state index in [0.29, 0.717) is 35.0 Å². The number of anilines is 3. The van der Waals surface area contributed by atoms with Crippen LogP contribution in [0.1, 0.15) is 12.8 Å². The molecule has 2 aromatic heterocycles. The topological polar surface area (TPSA) is 93.7 Å². The lowest BCUT2D eigenvalue weighted by Gasteiger charge is -2.13. The number of aromatic nitrogens is 4. The molecule has 0 saturated heterocycles. The molecular weight excluding hydrogens is 328 g/mol. The fraction of sp³-hybridized carbons (Fsp3) is 0.312. The highest BCUT2D eigenvalue weighted by atomic mass is 19.2. The Balaban J connectivity index is 1.69. The third-order valence-corrected chi connectivity index (χ3v) is 4.27. The molecule has 0 atom stereocenters. The normalized spacial score (nSPS) is 15.4. The number of hydrogen-bond acceptors (Lipinski definition) is 6. The van der Waals surface area contributed by atoms with Gasteiger partial charge in [0.25, 0.3) is 0 Å². The van der Waals surface area contributed by atoms with E-state index in [2.05, 4.69) is 25.7 Å². The van der Waals surface area contributed by atoms with E-state index < -0.39 is 11.6 Å². The molecule has 3 aromatic rings. The van der Waals surface area contributed by atoms with Gasteiger partial charge in [0.1, 0.15) is 5.82 Å². The molecule has 0 bridgehead atoms. The van der Waals surface area contributed by atoms with E-state index in [9.17, 15) is 8.78 Å². The van der Waals surface area contributed by atoms with Crippen molar-refractivity contribution in [3.8, 4) is 0 Å². The number of benzene rings is 1. The summed E-state index contributed by atoms with van der Waals surface area (Å²) >= 11 is 0. The molecular formula is C16H17F2N7. The van der Waals surface area contributed by atoms with Crippen molar-refractivity contribution in [2.24, 2.45) is 12.8 Å². The first-order valence-corrected chi connectivity index (χ1v) is 7.88.